The van der Waals surface area contributed by atoms with Crippen molar-refractivity contribution in [3.8, 4) is 6.07 Å². The van der Waals surface area contributed by atoms with Crippen molar-refractivity contribution in [3.63, 3.8) is 0 Å². The Kier molecular flexibility index (Phi) is 4.13. The number of nitriles is 1. The van der Waals surface area contributed by atoms with Gasteiger partial charge in [0, 0.05) is 31.1 Å². The predicted octanol–water partition coefficient (Wildman–Crippen LogP) is 2.40. The number of carbonyl (C=O) groups is 1. The summed E-state index contributed by atoms with van der Waals surface area (Å²) in [5.41, 5.74) is 0.470. The van der Waals surface area contributed by atoms with E-state index in [0.717, 1.165) is 12.8 Å². The summed E-state index contributed by atoms with van der Waals surface area (Å²) in [6.07, 6.45) is 2.52. The number of halogens is 1. The van der Waals surface area contributed by atoms with E-state index in [4.69, 9.17) is 10.4 Å². The highest BCUT2D eigenvalue weighted by Gasteiger charge is 2.29. The predicted molar refractivity (Wildman–Crippen MR) is 67.0 cm³/mol. The molecule has 100 valence electrons. The Bertz CT molecular complexity index is 521. The van der Waals surface area contributed by atoms with E-state index < -0.39 is 11.8 Å². The van der Waals surface area contributed by atoms with Crippen molar-refractivity contribution in [1.82, 2.24) is 4.90 Å². The van der Waals surface area contributed by atoms with Crippen LogP contribution < -0.4 is 0 Å². The molecule has 0 bridgehead atoms. The number of hydrogen-bond acceptors (Lipinski definition) is 3. The van der Waals surface area contributed by atoms with E-state index in [9.17, 15) is 9.18 Å². The molecule has 0 unspecified atom stereocenters. The second kappa shape index (κ2) is 5.81. The third-order valence-corrected chi connectivity index (χ3v) is 3.24. The highest BCUT2D eigenvalue weighted by Crippen LogP contribution is 2.29. The molecule has 0 aliphatic heterocycles. The molecule has 0 saturated heterocycles. The van der Waals surface area contributed by atoms with Crippen LogP contribution in [0.4, 0.5) is 4.39 Å². The maximum atomic E-state index is 13.7. The van der Waals surface area contributed by atoms with Crippen molar-refractivity contribution < 1.29 is 14.3 Å². The number of hydrogen-bond donors (Lipinski definition) is 1. The van der Waals surface area contributed by atoms with E-state index in [1.807, 2.05) is 4.90 Å². The number of rotatable bonds is 6. The summed E-state index contributed by atoms with van der Waals surface area (Å²) < 4.78 is 13.7. The summed E-state index contributed by atoms with van der Waals surface area (Å²) >= 11 is 0. The zero-order valence-corrected chi connectivity index (χ0v) is 10.5. The van der Waals surface area contributed by atoms with E-state index in [1.54, 1.807) is 0 Å². The Balaban J connectivity index is 2.13. The van der Waals surface area contributed by atoms with Crippen LogP contribution in [-0.2, 0) is 6.54 Å². The quantitative estimate of drug-likeness (QED) is 0.855. The second-order valence-electron chi connectivity index (χ2n) is 4.72. The van der Waals surface area contributed by atoms with Crippen LogP contribution >= 0.6 is 0 Å². The van der Waals surface area contributed by atoms with Crippen molar-refractivity contribution in [1.29, 1.82) is 5.26 Å². The van der Waals surface area contributed by atoms with Crippen LogP contribution in [0.2, 0.25) is 0 Å². The molecular formula is C14H15FN2O2. The van der Waals surface area contributed by atoms with Gasteiger partial charge in [-0.2, -0.15) is 5.26 Å². The van der Waals surface area contributed by atoms with E-state index in [2.05, 4.69) is 6.07 Å². The van der Waals surface area contributed by atoms with E-state index >= 15 is 0 Å². The summed E-state index contributed by atoms with van der Waals surface area (Å²) in [5, 5.41) is 17.5. The average Bonchev–Trinajstić information content (AvgIpc) is 3.20. The molecule has 0 radical (unpaired) electrons. The Morgan fingerprint density at radius 1 is 1.53 bits per heavy atom. The lowest BCUT2D eigenvalue weighted by Gasteiger charge is -2.21. The molecule has 1 saturated carbocycles. The van der Waals surface area contributed by atoms with Gasteiger partial charge in [-0.3, -0.25) is 4.90 Å². The highest BCUT2D eigenvalue weighted by molar-refractivity contribution is 5.87. The molecule has 0 amide bonds. The molecule has 0 spiro atoms. The smallest absolute Gasteiger partial charge is 0.335 e. The lowest BCUT2D eigenvalue weighted by molar-refractivity contribution is 0.0696. The van der Waals surface area contributed by atoms with Gasteiger partial charge in [0.25, 0.3) is 0 Å². The molecular weight excluding hydrogens is 247 g/mol. The second-order valence-corrected chi connectivity index (χ2v) is 4.72. The van der Waals surface area contributed by atoms with Crippen LogP contribution in [0.1, 0.15) is 35.2 Å². The van der Waals surface area contributed by atoms with Gasteiger partial charge in [-0.1, -0.05) is 0 Å². The number of aromatic carboxylic acids is 1. The van der Waals surface area contributed by atoms with Gasteiger partial charge in [0.2, 0.25) is 0 Å². The highest BCUT2D eigenvalue weighted by atomic mass is 19.1. The van der Waals surface area contributed by atoms with Crippen molar-refractivity contribution in [2.45, 2.75) is 31.8 Å². The maximum Gasteiger partial charge on any atom is 0.335 e. The monoisotopic (exact) mass is 262 g/mol. The molecule has 4 nitrogen and oxygen atoms in total. The van der Waals surface area contributed by atoms with E-state index in [-0.39, 0.29) is 5.56 Å². The van der Waals surface area contributed by atoms with Crippen LogP contribution in [0.25, 0.3) is 0 Å². The van der Waals surface area contributed by atoms with Gasteiger partial charge in [0.1, 0.15) is 5.82 Å². The number of nitrogens with zero attached hydrogens (tertiary/aromatic N) is 2. The topological polar surface area (TPSA) is 64.3 Å². The van der Waals surface area contributed by atoms with Gasteiger partial charge >= 0.3 is 5.97 Å². The zero-order valence-electron chi connectivity index (χ0n) is 10.5. The molecule has 0 atom stereocenters. The third kappa shape index (κ3) is 3.52. The summed E-state index contributed by atoms with van der Waals surface area (Å²) in [7, 11) is 0. The van der Waals surface area contributed by atoms with Crippen LogP contribution in [-0.4, -0.2) is 28.6 Å². The largest absolute Gasteiger partial charge is 0.478 e. The normalized spacial score (nSPS) is 14.4. The first-order chi connectivity index (χ1) is 9.11. The first-order valence-electron chi connectivity index (χ1n) is 6.24. The summed E-state index contributed by atoms with van der Waals surface area (Å²) in [6, 6.07) is 6.31. The minimum absolute atomic E-state index is 0.0902. The Labute approximate surface area is 111 Å². The maximum absolute atomic E-state index is 13.7. The first-order valence-corrected chi connectivity index (χ1v) is 6.24. The summed E-state index contributed by atoms with van der Waals surface area (Å²) in [6.45, 7) is 0.956. The minimum Gasteiger partial charge on any atom is -0.478 e. The van der Waals surface area contributed by atoms with E-state index in [0.29, 0.717) is 31.1 Å². The summed E-state index contributed by atoms with van der Waals surface area (Å²) in [5.74, 6) is -1.45. The number of carboxylic acids is 1. The van der Waals surface area contributed by atoms with Crippen molar-refractivity contribution >= 4 is 5.97 Å². The van der Waals surface area contributed by atoms with Gasteiger partial charge in [0.15, 0.2) is 0 Å². The van der Waals surface area contributed by atoms with Crippen LogP contribution in [0.15, 0.2) is 18.2 Å². The van der Waals surface area contributed by atoms with Crippen LogP contribution in [0.3, 0.4) is 0 Å². The fourth-order valence-corrected chi connectivity index (χ4v) is 2.07. The van der Waals surface area contributed by atoms with Gasteiger partial charge in [0.05, 0.1) is 11.6 Å². The van der Waals surface area contributed by atoms with Gasteiger partial charge < -0.3 is 5.11 Å². The molecule has 0 aromatic heterocycles. The standard InChI is InChI=1S/C14H15FN2O2/c15-13-5-2-10(14(18)19)8-11(13)9-17(7-1-6-16)12-3-4-12/h2,5,8,12H,1,3-4,7,9H2,(H,18,19). The summed E-state index contributed by atoms with van der Waals surface area (Å²) in [4.78, 5) is 12.9. The zero-order chi connectivity index (χ0) is 13.8. The molecule has 5 heteroatoms. The van der Waals surface area contributed by atoms with Crippen molar-refractivity contribution in [2.24, 2.45) is 0 Å². The number of benzene rings is 1. The van der Waals surface area contributed by atoms with Crippen molar-refractivity contribution in [3.05, 3.63) is 35.1 Å². The van der Waals surface area contributed by atoms with Crippen LogP contribution in [0.5, 0.6) is 0 Å². The number of carboxylic acid groups (broad SMARTS) is 1. The fourth-order valence-electron chi connectivity index (χ4n) is 2.07. The Morgan fingerprint density at radius 3 is 2.84 bits per heavy atom. The average molecular weight is 262 g/mol. The molecule has 1 aromatic rings. The minimum atomic E-state index is -1.06. The Hall–Kier alpha value is -1.93. The lowest BCUT2D eigenvalue weighted by Crippen LogP contribution is -2.27. The molecule has 1 N–H and O–H groups in total. The van der Waals surface area contributed by atoms with Crippen molar-refractivity contribution in [2.75, 3.05) is 6.54 Å². The molecule has 0 heterocycles. The third-order valence-electron chi connectivity index (χ3n) is 3.24. The first kappa shape index (κ1) is 13.5. The molecule has 1 fully saturated rings. The lowest BCUT2D eigenvalue weighted by atomic mass is 10.1. The van der Waals surface area contributed by atoms with Crippen LogP contribution in [0, 0.1) is 17.1 Å². The SMILES string of the molecule is N#CCCN(Cc1cc(C(=O)O)ccc1F)C1CC1. The van der Waals surface area contributed by atoms with Gasteiger partial charge in [-0.05, 0) is 31.0 Å². The molecule has 1 aromatic carbocycles. The molecule has 1 aliphatic rings. The van der Waals surface area contributed by atoms with Gasteiger partial charge in [-0.25, -0.2) is 9.18 Å². The molecule has 19 heavy (non-hydrogen) atoms. The molecule has 1 aliphatic carbocycles. The fraction of sp³-hybridized carbons (Fsp3) is 0.429. The molecule has 2 rings (SSSR count). The van der Waals surface area contributed by atoms with Gasteiger partial charge in [-0.15, -0.1) is 0 Å². The van der Waals surface area contributed by atoms with E-state index in [1.165, 1.54) is 18.2 Å². The Morgan fingerprint density at radius 2 is 2.26 bits per heavy atom.